The van der Waals surface area contributed by atoms with Crippen molar-refractivity contribution in [3.05, 3.63) is 64.2 Å². The molecular weight excluding hydrogens is 434 g/mol. The van der Waals surface area contributed by atoms with E-state index in [2.05, 4.69) is 21.5 Å². The Kier molecular flexibility index (Phi) is 4.93. The van der Waals surface area contributed by atoms with Gasteiger partial charge >= 0.3 is 0 Å². The second-order valence-electron chi connectivity index (χ2n) is 8.54. The third-order valence-corrected chi connectivity index (χ3v) is 6.34. The predicted octanol–water partition coefficient (Wildman–Crippen LogP) is 0.532. The molecule has 33 heavy (non-hydrogen) atoms. The lowest BCUT2D eigenvalue weighted by Crippen LogP contribution is -2.97. The van der Waals surface area contributed by atoms with Crippen LogP contribution in [-0.2, 0) is 17.8 Å². The summed E-state index contributed by atoms with van der Waals surface area (Å²) in [5.41, 5.74) is 9.19. The van der Waals surface area contributed by atoms with Crippen LogP contribution in [0.15, 0.2) is 30.1 Å². The molecule has 0 saturated heterocycles. The molecule has 2 aromatic rings. The lowest BCUT2D eigenvalue weighted by atomic mass is 10.0. The Morgan fingerprint density at radius 2 is 1.88 bits per heavy atom. The maximum Gasteiger partial charge on any atom is 0.293 e. The van der Waals surface area contributed by atoms with E-state index < -0.39 is 34.8 Å². The monoisotopic (exact) mass is 457 g/mol. The molecule has 1 aliphatic carbocycles. The van der Waals surface area contributed by atoms with Gasteiger partial charge < -0.3 is 15.2 Å². The fraction of sp³-hybridized carbons (Fsp3) is 0.318. The minimum Gasteiger partial charge on any atom is -0.340 e. The number of anilines is 1. The normalized spacial score (nSPS) is 17.5. The van der Waals surface area contributed by atoms with Crippen LogP contribution >= 0.6 is 0 Å². The van der Waals surface area contributed by atoms with Crippen LogP contribution in [0, 0.1) is 18.6 Å². The number of quaternary nitrogens is 1. The highest BCUT2D eigenvalue weighted by Crippen LogP contribution is 2.41. The summed E-state index contributed by atoms with van der Waals surface area (Å²) in [4.78, 5) is 39.1. The lowest BCUT2D eigenvalue weighted by molar-refractivity contribution is -0.740. The van der Waals surface area contributed by atoms with E-state index in [9.17, 15) is 23.2 Å². The van der Waals surface area contributed by atoms with Crippen molar-refractivity contribution in [2.24, 2.45) is 0 Å². The summed E-state index contributed by atoms with van der Waals surface area (Å²) >= 11 is 0. The number of nitrogens with zero attached hydrogens (tertiary/aromatic N) is 1. The minimum atomic E-state index is -0.816. The maximum atomic E-state index is 13.5. The molecule has 0 radical (unpaired) electrons. The summed E-state index contributed by atoms with van der Waals surface area (Å²) in [5.74, 6) is -3.66. The number of nitrogens with one attached hydrogen (secondary N) is 4. The topological polar surface area (TPSA) is 121 Å². The fourth-order valence-corrected chi connectivity index (χ4v) is 4.67. The zero-order valence-corrected chi connectivity index (χ0v) is 17.9. The summed E-state index contributed by atoms with van der Waals surface area (Å²) in [6.07, 6.45) is 4.44. The number of hydrogen-bond donors (Lipinski definition) is 5. The van der Waals surface area contributed by atoms with Crippen LogP contribution in [0.5, 0.6) is 0 Å². The van der Waals surface area contributed by atoms with Gasteiger partial charge in [-0.05, 0) is 50.3 Å². The molecule has 1 fully saturated rings. The Bertz CT molecular complexity index is 1210. The van der Waals surface area contributed by atoms with Crippen molar-refractivity contribution in [1.29, 1.82) is 0 Å². The summed E-state index contributed by atoms with van der Waals surface area (Å²) < 4.78 is 28.8. The highest BCUT2D eigenvalue weighted by atomic mass is 19.1. The van der Waals surface area contributed by atoms with E-state index in [1.807, 2.05) is 0 Å². The van der Waals surface area contributed by atoms with Gasteiger partial charge in [-0.25, -0.2) is 19.6 Å². The first-order valence-corrected chi connectivity index (χ1v) is 10.7. The van der Waals surface area contributed by atoms with Gasteiger partial charge in [0.15, 0.2) is 0 Å². The summed E-state index contributed by atoms with van der Waals surface area (Å²) in [7, 11) is 0. The minimum absolute atomic E-state index is 0.0329. The quantitative estimate of drug-likeness (QED) is 0.246. The molecule has 0 spiro atoms. The van der Waals surface area contributed by atoms with E-state index >= 15 is 0 Å². The standard InChI is InChI=1S/C22H22F2N6O3/c1-11-17(19(31)21(33)27-22(4-5-22)16-10-25-29-28-16)15-3-2-6-30(15)18(11)20(32)26-14-8-12(23)7-13(24)9-14/h7-10,25,28-29H,2-6H2,1H3,(H,26,32)(H,27,33)/p+1. The second-order valence-corrected chi connectivity index (χ2v) is 8.54. The highest BCUT2D eigenvalue weighted by molar-refractivity contribution is 6.44. The molecule has 172 valence electrons. The molecule has 0 bridgehead atoms. The number of ketones is 1. The van der Waals surface area contributed by atoms with Gasteiger partial charge in [-0.3, -0.25) is 14.4 Å². The average molecular weight is 457 g/mol. The lowest BCUT2D eigenvalue weighted by Gasteiger charge is -2.16. The van der Waals surface area contributed by atoms with E-state index in [0.717, 1.165) is 17.8 Å². The predicted molar refractivity (Wildman–Crippen MR) is 113 cm³/mol. The van der Waals surface area contributed by atoms with Gasteiger partial charge in [0.1, 0.15) is 23.0 Å². The van der Waals surface area contributed by atoms with Crippen LogP contribution in [0.25, 0.3) is 0 Å². The molecule has 0 unspecified atom stereocenters. The number of benzene rings is 1. The van der Waals surface area contributed by atoms with Gasteiger partial charge in [-0.1, -0.05) is 0 Å². The molecule has 1 aromatic heterocycles. The number of hydrogen-bond acceptors (Lipinski definition) is 5. The number of rotatable bonds is 6. The number of carbonyl (C=O) groups excluding carboxylic acids is 3. The first kappa shape index (κ1) is 21.1. The van der Waals surface area contributed by atoms with Crippen LogP contribution in [-0.4, -0.2) is 27.7 Å². The van der Waals surface area contributed by atoms with Crippen LogP contribution in [0.1, 0.15) is 51.4 Å². The SMILES string of the molecule is Cc1c(C(=O)C(=O)NC2(C3=CN[NH2+]N3)CC2)c2n(c1C(=O)Nc1cc(F)cc(F)c1)CCC2. The number of aromatic nitrogens is 1. The summed E-state index contributed by atoms with van der Waals surface area (Å²) in [6.45, 7) is 2.12. The van der Waals surface area contributed by atoms with Crippen molar-refractivity contribution >= 4 is 23.3 Å². The van der Waals surface area contributed by atoms with E-state index in [1.165, 1.54) is 0 Å². The van der Waals surface area contributed by atoms with Gasteiger partial charge in [0.05, 0.1) is 17.3 Å². The molecule has 1 saturated carbocycles. The highest BCUT2D eigenvalue weighted by Gasteiger charge is 2.51. The molecular formula is C22H23F2N6O3+. The van der Waals surface area contributed by atoms with Gasteiger partial charge in [0, 0.05) is 24.0 Å². The smallest absolute Gasteiger partial charge is 0.293 e. The number of amides is 2. The summed E-state index contributed by atoms with van der Waals surface area (Å²) in [5, 5.41) is 5.34. The Morgan fingerprint density at radius 1 is 1.15 bits per heavy atom. The zero-order chi connectivity index (χ0) is 23.3. The fourth-order valence-electron chi connectivity index (χ4n) is 4.67. The molecule has 3 aliphatic rings. The van der Waals surface area contributed by atoms with Crippen molar-refractivity contribution in [3.63, 3.8) is 0 Å². The van der Waals surface area contributed by atoms with Gasteiger partial charge in [-0.2, -0.15) is 5.53 Å². The van der Waals surface area contributed by atoms with Gasteiger partial charge in [0.2, 0.25) is 0 Å². The largest absolute Gasteiger partial charge is 0.340 e. The number of halogens is 2. The van der Waals surface area contributed by atoms with Crippen molar-refractivity contribution in [3.8, 4) is 0 Å². The molecule has 6 N–H and O–H groups in total. The van der Waals surface area contributed by atoms with Gasteiger partial charge in [-0.15, -0.1) is 0 Å². The molecule has 1 aromatic carbocycles. The molecule has 5 rings (SSSR count). The van der Waals surface area contributed by atoms with E-state index in [-0.39, 0.29) is 16.9 Å². The number of fused-ring (bicyclic) bond motifs is 1. The van der Waals surface area contributed by atoms with E-state index in [0.29, 0.717) is 49.6 Å². The number of Topliss-reactive ketones (excluding diaryl/α,β-unsaturated/α-hetero) is 1. The van der Waals surface area contributed by atoms with Crippen molar-refractivity contribution in [2.75, 3.05) is 5.32 Å². The van der Waals surface area contributed by atoms with Crippen LogP contribution < -0.4 is 27.0 Å². The van der Waals surface area contributed by atoms with Gasteiger partial charge in [0.25, 0.3) is 17.6 Å². The number of nitrogens with two attached hydrogens (primary N) is 1. The van der Waals surface area contributed by atoms with E-state index in [1.54, 1.807) is 23.2 Å². The first-order valence-electron chi connectivity index (χ1n) is 10.7. The van der Waals surface area contributed by atoms with Crippen LogP contribution in [0.3, 0.4) is 0 Å². The molecule has 2 amide bonds. The third-order valence-electron chi connectivity index (χ3n) is 6.34. The molecule has 3 heterocycles. The zero-order valence-electron chi connectivity index (χ0n) is 17.9. The van der Waals surface area contributed by atoms with Crippen LogP contribution in [0.2, 0.25) is 0 Å². The average Bonchev–Trinajstić information content (AvgIpc) is 3.12. The Morgan fingerprint density at radius 3 is 2.52 bits per heavy atom. The number of carbonyl (C=O) groups is 3. The molecule has 2 aliphatic heterocycles. The third kappa shape index (κ3) is 3.63. The van der Waals surface area contributed by atoms with Crippen molar-refractivity contribution in [2.45, 2.75) is 44.7 Å². The van der Waals surface area contributed by atoms with E-state index in [4.69, 9.17) is 0 Å². The summed E-state index contributed by atoms with van der Waals surface area (Å²) in [6, 6.07) is 2.73. The van der Waals surface area contributed by atoms with Crippen LogP contribution in [0.4, 0.5) is 14.5 Å². The van der Waals surface area contributed by atoms with Crippen molar-refractivity contribution in [1.82, 2.24) is 20.7 Å². The Hall–Kier alpha value is -3.73. The molecule has 9 nitrogen and oxygen atoms in total. The maximum absolute atomic E-state index is 13.5. The molecule has 0 atom stereocenters. The second kappa shape index (κ2) is 7.69. The van der Waals surface area contributed by atoms with Crippen molar-refractivity contribution < 1.29 is 28.7 Å². The Balaban J connectivity index is 1.42. The molecule has 11 heteroatoms. The Labute approximate surface area is 187 Å². The first-order chi connectivity index (χ1) is 15.8.